The van der Waals surface area contributed by atoms with Crippen LogP contribution in [-0.2, 0) is 11.2 Å². The maximum atomic E-state index is 12.4. The molecule has 1 aliphatic rings. The molecule has 1 aromatic heterocycles. The van der Waals surface area contributed by atoms with Gasteiger partial charge in [-0.25, -0.2) is 4.79 Å². The lowest BCUT2D eigenvalue weighted by molar-refractivity contribution is -0.122. The summed E-state index contributed by atoms with van der Waals surface area (Å²) in [5.41, 5.74) is 1.58. The SMILES string of the molecule is COc1ccc2c(C)c(CCC(=O)NC3CCCC(C)C3C)c(=O)oc2c1. The van der Waals surface area contributed by atoms with Crippen molar-refractivity contribution in [1.29, 1.82) is 0 Å². The van der Waals surface area contributed by atoms with Crippen molar-refractivity contribution in [2.24, 2.45) is 11.8 Å². The summed E-state index contributed by atoms with van der Waals surface area (Å²) in [5, 5.41) is 4.05. The number of carbonyl (C=O) groups is 1. The van der Waals surface area contributed by atoms with Gasteiger partial charge in [0.2, 0.25) is 5.91 Å². The van der Waals surface area contributed by atoms with Crippen LogP contribution in [-0.4, -0.2) is 19.1 Å². The Labute approximate surface area is 160 Å². The first-order valence-electron chi connectivity index (χ1n) is 9.80. The van der Waals surface area contributed by atoms with Gasteiger partial charge in [0.05, 0.1) is 7.11 Å². The Morgan fingerprint density at radius 1 is 1.30 bits per heavy atom. The third kappa shape index (κ3) is 4.18. The topological polar surface area (TPSA) is 68.5 Å². The van der Waals surface area contributed by atoms with Gasteiger partial charge in [-0.15, -0.1) is 0 Å². The van der Waals surface area contributed by atoms with Crippen molar-refractivity contribution >= 4 is 16.9 Å². The van der Waals surface area contributed by atoms with Gasteiger partial charge in [-0.2, -0.15) is 0 Å². The van der Waals surface area contributed by atoms with E-state index in [1.807, 2.05) is 19.1 Å². The molecule has 1 amide bonds. The van der Waals surface area contributed by atoms with Crippen molar-refractivity contribution in [1.82, 2.24) is 5.32 Å². The predicted octanol–water partition coefficient (Wildman–Crippen LogP) is 3.98. The average Bonchev–Trinajstić information content (AvgIpc) is 2.64. The molecular formula is C22H29NO4. The van der Waals surface area contributed by atoms with Crippen LogP contribution >= 0.6 is 0 Å². The predicted molar refractivity (Wildman–Crippen MR) is 106 cm³/mol. The van der Waals surface area contributed by atoms with E-state index in [2.05, 4.69) is 19.2 Å². The molecule has 1 aliphatic carbocycles. The van der Waals surface area contributed by atoms with Crippen LogP contribution in [0.15, 0.2) is 27.4 Å². The van der Waals surface area contributed by atoms with Crippen LogP contribution in [0.4, 0.5) is 0 Å². The number of amides is 1. The number of rotatable bonds is 5. The molecule has 1 heterocycles. The van der Waals surface area contributed by atoms with Gasteiger partial charge in [-0.05, 0) is 49.3 Å². The Hall–Kier alpha value is -2.30. The van der Waals surface area contributed by atoms with E-state index in [9.17, 15) is 9.59 Å². The molecule has 1 aromatic carbocycles. The van der Waals surface area contributed by atoms with E-state index in [1.165, 1.54) is 6.42 Å². The van der Waals surface area contributed by atoms with Gasteiger partial charge in [-0.3, -0.25) is 4.79 Å². The quantitative estimate of drug-likeness (QED) is 0.807. The molecule has 3 unspecified atom stereocenters. The highest BCUT2D eigenvalue weighted by Crippen LogP contribution is 2.29. The monoisotopic (exact) mass is 371 g/mol. The number of aryl methyl sites for hydroxylation is 1. The molecular weight excluding hydrogens is 342 g/mol. The van der Waals surface area contributed by atoms with E-state index in [-0.39, 0.29) is 17.6 Å². The maximum Gasteiger partial charge on any atom is 0.339 e. The second-order valence-corrected chi connectivity index (χ2v) is 7.80. The number of hydrogen-bond donors (Lipinski definition) is 1. The first kappa shape index (κ1) is 19.5. The minimum Gasteiger partial charge on any atom is -0.497 e. The molecule has 0 aliphatic heterocycles. The summed E-state index contributed by atoms with van der Waals surface area (Å²) in [6, 6.07) is 5.69. The molecule has 0 bridgehead atoms. The van der Waals surface area contributed by atoms with E-state index >= 15 is 0 Å². The second-order valence-electron chi connectivity index (χ2n) is 7.80. The highest BCUT2D eigenvalue weighted by molar-refractivity contribution is 5.82. The van der Waals surface area contributed by atoms with Crippen LogP contribution in [0, 0.1) is 18.8 Å². The molecule has 1 saturated carbocycles. The second kappa shape index (κ2) is 8.15. The summed E-state index contributed by atoms with van der Waals surface area (Å²) in [6.07, 6.45) is 4.11. The Bertz CT molecular complexity index is 886. The molecule has 146 valence electrons. The van der Waals surface area contributed by atoms with Crippen LogP contribution in [0.5, 0.6) is 5.75 Å². The first-order valence-corrected chi connectivity index (χ1v) is 9.80. The Morgan fingerprint density at radius 3 is 2.81 bits per heavy atom. The van der Waals surface area contributed by atoms with Gasteiger partial charge < -0.3 is 14.5 Å². The lowest BCUT2D eigenvalue weighted by Crippen LogP contribution is -2.43. The summed E-state index contributed by atoms with van der Waals surface area (Å²) in [6.45, 7) is 6.37. The highest BCUT2D eigenvalue weighted by atomic mass is 16.5. The van der Waals surface area contributed by atoms with Crippen LogP contribution in [0.1, 0.15) is 50.7 Å². The van der Waals surface area contributed by atoms with E-state index in [0.29, 0.717) is 41.6 Å². The van der Waals surface area contributed by atoms with E-state index < -0.39 is 0 Å². The molecule has 1 N–H and O–H groups in total. The molecule has 0 radical (unpaired) electrons. The third-order valence-corrected chi connectivity index (χ3v) is 6.15. The zero-order valence-electron chi connectivity index (χ0n) is 16.6. The Balaban J connectivity index is 1.71. The van der Waals surface area contributed by atoms with Crippen LogP contribution < -0.4 is 15.7 Å². The van der Waals surface area contributed by atoms with Gasteiger partial charge >= 0.3 is 5.63 Å². The Morgan fingerprint density at radius 2 is 2.07 bits per heavy atom. The summed E-state index contributed by atoms with van der Waals surface area (Å²) in [5.74, 6) is 1.78. The zero-order valence-corrected chi connectivity index (χ0v) is 16.6. The molecule has 3 rings (SSSR count). The summed E-state index contributed by atoms with van der Waals surface area (Å²) in [4.78, 5) is 24.9. The van der Waals surface area contributed by atoms with Crippen LogP contribution in [0.25, 0.3) is 11.0 Å². The number of carbonyl (C=O) groups excluding carboxylic acids is 1. The fourth-order valence-electron chi connectivity index (χ4n) is 4.09. The number of nitrogens with one attached hydrogen (secondary N) is 1. The summed E-state index contributed by atoms with van der Waals surface area (Å²) >= 11 is 0. The van der Waals surface area contributed by atoms with Crippen molar-refractivity contribution < 1.29 is 13.9 Å². The smallest absolute Gasteiger partial charge is 0.339 e. The number of methoxy groups -OCH3 is 1. The zero-order chi connectivity index (χ0) is 19.6. The fraction of sp³-hybridized carbons (Fsp3) is 0.545. The minimum absolute atomic E-state index is 0.00887. The van der Waals surface area contributed by atoms with Crippen molar-refractivity contribution in [2.45, 2.75) is 58.9 Å². The van der Waals surface area contributed by atoms with E-state index in [1.54, 1.807) is 13.2 Å². The van der Waals surface area contributed by atoms with Gasteiger partial charge in [0.25, 0.3) is 0 Å². The van der Waals surface area contributed by atoms with E-state index in [0.717, 1.165) is 23.8 Å². The first-order chi connectivity index (χ1) is 12.9. The number of benzene rings is 1. The fourth-order valence-corrected chi connectivity index (χ4v) is 4.09. The average molecular weight is 371 g/mol. The van der Waals surface area contributed by atoms with Gasteiger partial charge in [0.15, 0.2) is 0 Å². The van der Waals surface area contributed by atoms with Gasteiger partial charge in [-0.1, -0.05) is 26.7 Å². The van der Waals surface area contributed by atoms with Crippen molar-refractivity contribution in [3.63, 3.8) is 0 Å². The minimum atomic E-state index is -0.374. The maximum absolute atomic E-state index is 12.4. The van der Waals surface area contributed by atoms with Crippen molar-refractivity contribution in [2.75, 3.05) is 7.11 Å². The summed E-state index contributed by atoms with van der Waals surface area (Å²) < 4.78 is 10.6. The summed E-state index contributed by atoms with van der Waals surface area (Å²) in [7, 11) is 1.58. The van der Waals surface area contributed by atoms with Gasteiger partial charge in [0.1, 0.15) is 11.3 Å². The normalized spacial score (nSPS) is 22.6. The standard InChI is InChI=1S/C22H29NO4/c1-13-6-5-7-19(14(13)2)23-21(24)11-10-18-15(3)17-9-8-16(26-4)12-20(17)27-22(18)25/h8-9,12-14,19H,5-7,10-11H2,1-4H3,(H,23,24). The molecule has 27 heavy (non-hydrogen) atoms. The lowest BCUT2D eigenvalue weighted by Gasteiger charge is -2.34. The molecule has 0 spiro atoms. The lowest BCUT2D eigenvalue weighted by atomic mass is 9.78. The van der Waals surface area contributed by atoms with Gasteiger partial charge in [0, 0.05) is 29.5 Å². The van der Waals surface area contributed by atoms with Crippen LogP contribution in [0.3, 0.4) is 0 Å². The van der Waals surface area contributed by atoms with Crippen molar-refractivity contribution in [3.8, 4) is 5.75 Å². The molecule has 1 fully saturated rings. The number of fused-ring (bicyclic) bond motifs is 1. The Kier molecular flexibility index (Phi) is 5.88. The molecule has 5 nitrogen and oxygen atoms in total. The number of hydrogen-bond acceptors (Lipinski definition) is 4. The van der Waals surface area contributed by atoms with Crippen LogP contribution in [0.2, 0.25) is 0 Å². The molecule has 0 saturated heterocycles. The van der Waals surface area contributed by atoms with Crippen molar-refractivity contribution in [3.05, 3.63) is 39.7 Å². The van der Waals surface area contributed by atoms with E-state index in [4.69, 9.17) is 9.15 Å². The molecule has 5 heteroatoms. The highest BCUT2D eigenvalue weighted by Gasteiger charge is 2.28. The molecule has 2 aromatic rings. The molecule has 3 atom stereocenters. The largest absolute Gasteiger partial charge is 0.497 e. The number of ether oxygens (including phenoxy) is 1. The third-order valence-electron chi connectivity index (χ3n) is 6.15.